The first-order chi connectivity index (χ1) is 8.20. The van der Waals surface area contributed by atoms with Gasteiger partial charge in [0.05, 0.1) is 16.3 Å². The van der Waals surface area contributed by atoms with Gasteiger partial charge < -0.3 is 10.6 Å². The Balaban J connectivity index is 1.83. The quantitative estimate of drug-likeness (QED) is 0.852. The fourth-order valence-corrected chi connectivity index (χ4v) is 2.90. The van der Waals surface area contributed by atoms with Gasteiger partial charge in [0.1, 0.15) is 0 Å². The second kappa shape index (κ2) is 4.00. The number of carbonyl (C=O) groups excluding carboxylic acids is 1. The van der Waals surface area contributed by atoms with E-state index in [0.717, 1.165) is 10.6 Å². The standard InChI is InChI=1S/C12H13N3OS/c1-7-2-3-10-9(4-7)15-12(17-10)14-8-5-11(16)13-6-8/h2-4,8H,5-6H2,1H3,(H,13,16)(H,14,15). The highest BCUT2D eigenvalue weighted by atomic mass is 32.1. The molecule has 1 atom stereocenters. The number of aromatic nitrogens is 1. The summed E-state index contributed by atoms with van der Waals surface area (Å²) in [5.74, 6) is 0.111. The van der Waals surface area contributed by atoms with Crippen LogP contribution in [0, 0.1) is 6.92 Å². The second-order valence-corrected chi connectivity index (χ2v) is 5.37. The van der Waals surface area contributed by atoms with Gasteiger partial charge in [-0.15, -0.1) is 0 Å². The van der Waals surface area contributed by atoms with Crippen LogP contribution in [0.3, 0.4) is 0 Å². The number of aryl methyl sites for hydroxylation is 1. The van der Waals surface area contributed by atoms with Crippen molar-refractivity contribution in [2.24, 2.45) is 0 Å². The van der Waals surface area contributed by atoms with E-state index in [2.05, 4.69) is 40.7 Å². The maximum Gasteiger partial charge on any atom is 0.222 e. The Morgan fingerprint density at radius 2 is 2.41 bits per heavy atom. The summed E-state index contributed by atoms with van der Waals surface area (Å²) in [5.41, 5.74) is 2.24. The van der Waals surface area contributed by atoms with E-state index in [4.69, 9.17) is 0 Å². The van der Waals surface area contributed by atoms with Gasteiger partial charge in [0.15, 0.2) is 5.13 Å². The van der Waals surface area contributed by atoms with Gasteiger partial charge in [0.25, 0.3) is 0 Å². The summed E-state index contributed by atoms with van der Waals surface area (Å²) in [6.45, 7) is 2.75. The molecule has 17 heavy (non-hydrogen) atoms. The minimum Gasteiger partial charge on any atom is -0.356 e. The van der Waals surface area contributed by atoms with Crippen LogP contribution in [0.2, 0.25) is 0 Å². The van der Waals surface area contributed by atoms with Crippen molar-refractivity contribution in [3.63, 3.8) is 0 Å². The maximum absolute atomic E-state index is 11.1. The van der Waals surface area contributed by atoms with E-state index in [1.165, 1.54) is 10.3 Å². The van der Waals surface area contributed by atoms with Gasteiger partial charge in [-0.3, -0.25) is 4.79 Å². The molecular weight excluding hydrogens is 234 g/mol. The molecule has 0 aliphatic carbocycles. The molecule has 1 amide bonds. The molecule has 1 aliphatic heterocycles. The number of thiazole rings is 1. The Morgan fingerprint density at radius 3 is 3.18 bits per heavy atom. The molecule has 0 bridgehead atoms. The molecule has 1 saturated heterocycles. The van der Waals surface area contributed by atoms with E-state index in [0.29, 0.717) is 13.0 Å². The molecule has 1 aromatic heterocycles. The maximum atomic E-state index is 11.1. The lowest BCUT2D eigenvalue weighted by molar-refractivity contribution is -0.119. The lowest BCUT2D eigenvalue weighted by atomic mass is 10.2. The molecule has 1 aliphatic rings. The Hall–Kier alpha value is -1.62. The van der Waals surface area contributed by atoms with Crippen molar-refractivity contribution in [2.45, 2.75) is 19.4 Å². The van der Waals surface area contributed by atoms with E-state index < -0.39 is 0 Å². The molecule has 88 valence electrons. The molecule has 1 fully saturated rings. The highest BCUT2D eigenvalue weighted by Gasteiger charge is 2.21. The topological polar surface area (TPSA) is 54.0 Å². The summed E-state index contributed by atoms with van der Waals surface area (Å²) < 4.78 is 1.18. The largest absolute Gasteiger partial charge is 0.356 e. The van der Waals surface area contributed by atoms with Gasteiger partial charge in [-0.25, -0.2) is 4.98 Å². The Bertz CT molecular complexity index is 578. The third kappa shape index (κ3) is 2.10. The number of rotatable bonds is 2. The predicted octanol–water partition coefficient (Wildman–Crippen LogP) is 1.91. The second-order valence-electron chi connectivity index (χ2n) is 4.34. The molecule has 2 aromatic rings. The van der Waals surface area contributed by atoms with Crippen molar-refractivity contribution in [3.8, 4) is 0 Å². The van der Waals surface area contributed by atoms with Crippen LogP contribution in [0.5, 0.6) is 0 Å². The average Bonchev–Trinajstić information content (AvgIpc) is 2.84. The van der Waals surface area contributed by atoms with E-state index in [1.807, 2.05) is 0 Å². The van der Waals surface area contributed by atoms with Crippen LogP contribution in [0.25, 0.3) is 10.2 Å². The number of nitrogens with one attached hydrogen (secondary N) is 2. The molecule has 0 saturated carbocycles. The number of benzene rings is 1. The number of anilines is 1. The van der Waals surface area contributed by atoms with Crippen molar-refractivity contribution in [1.82, 2.24) is 10.3 Å². The fraction of sp³-hybridized carbons (Fsp3) is 0.333. The summed E-state index contributed by atoms with van der Waals surface area (Å²) in [4.78, 5) is 15.6. The highest BCUT2D eigenvalue weighted by Crippen LogP contribution is 2.27. The third-order valence-corrected chi connectivity index (χ3v) is 3.82. The summed E-state index contributed by atoms with van der Waals surface area (Å²) in [6.07, 6.45) is 0.537. The first-order valence-electron chi connectivity index (χ1n) is 5.61. The Morgan fingerprint density at radius 1 is 1.53 bits per heavy atom. The summed E-state index contributed by atoms with van der Waals surface area (Å²) in [7, 11) is 0. The van der Waals surface area contributed by atoms with Crippen LogP contribution < -0.4 is 10.6 Å². The van der Waals surface area contributed by atoms with Gasteiger partial charge in [-0.05, 0) is 24.6 Å². The SMILES string of the molecule is Cc1ccc2sc(NC3CNC(=O)C3)nc2c1. The summed E-state index contributed by atoms with van der Waals surface area (Å²) in [6, 6.07) is 6.43. The van der Waals surface area contributed by atoms with Crippen LogP contribution in [0.15, 0.2) is 18.2 Å². The smallest absolute Gasteiger partial charge is 0.222 e. The van der Waals surface area contributed by atoms with E-state index in [1.54, 1.807) is 11.3 Å². The molecule has 0 spiro atoms. The van der Waals surface area contributed by atoms with Crippen LogP contribution in [0.4, 0.5) is 5.13 Å². The minimum absolute atomic E-state index is 0.111. The Labute approximate surface area is 103 Å². The monoisotopic (exact) mass is 247 g/mol. The van der Waals surface area contributed by atoms with Crippen LogP contribution >= 0.6 is 11.3 Å². The molecule has 2 heterocycles. The zero-order valence-corrected chi connectivity index (χ0v) is 10.3. The summed E-state index contributed by atoms with van der Waals surface area (Å²) in [5, 5.41) is 7.01. The average molecular weight is 247 g/mol. The van der Waals surface area contributed by atoms with Crippen LogP contribution in [-0.2, 0) is 4.79 Å². The van der Waals surface area contributed by atoms with E-state index in [-0.39, 0.29) is 11.9 Å². The number of hydrogen-bond donors (Lipinski definition) is 2. The molecule has 4 nitrogen and oxygen atoms in total. The first-order valence-corrected chi connectivity index (χ1v) is 6.43. The van der Waals surface area contributed by atoms with Crippen molar-refractivity contribution < 1.29 is 4.79 Å². The number of fused-ring (bicyclic) bond motifs is 1. The van der Waals surface area contributed by atoms with Crippen molar-refractivity contribution in [2.75, 3.05) is 11.9 Å². The third-order valence-electron chi connectivity index (χ3n) is 2.85. The molecule has 1 aromatic carbocycles. The predicted molar refractivity (Wildman–Crippen MR) is 69.4 cm³/mol. The van der Waals surface area contributed by atoms with E-state index in [9.17, 15) is 4.79 Å². The summed E-state index contributed by atoms with van der Waals surface area (Å²) >= 11 is 1.63. The number of hydrogen-bond acceptors (Lipinski definition) is 4. The van der Waals surface area contributed by atoms with Gasteiger partial charge in [-0.2, -0.15) is 0 Å². The minimum atomic E-state index is 0.111. The lowest BCUT2D eigenvalue weighted by Crippen LogP contribution is -2.22. The molecule has 0 radical (unpaired) electrons. The fourth-order valence-electron chi connectivity index (χ4n) is 1.98. The van der Waals surface area contributed by atoms with Crippen molar-refractivity contribution >= 4 is 32.6 Å². The van der Waals surface area contributed by atoms with E-state index >= 15 is 0 Å². The zero-order valence-electron chi connectivity index (χ0n) is 9.49. The molecule has 2 N–H and O–H groups in total. The van der Waals surface area contributed by atoms with Crippen molar-refractivity contribution in [1.29, 1.82) is 0 Å². The normalized spacial score (nSPS) is 19.6. The molecular formula is C12H13N3OS. The van der Waals surface area contributed by atoms with Gasteiger partial charge >= 0.3 is 0 Å². The van der Waals surface area contributed by atoms with Gasteiger partial charge in [0.2, 0.25) is 5.91 Å². The van der Waals surface area contributed by atoms with Crippen molar-refractivity contribution in [3.05, 3.63) is 23.8 Å². The molecule has 5 heteroatoms. The lowest BCUT2D eigenvalue weighted by Gasteiger charge is -2.07. The molecule has 3 rings (SSSR count). The molecule has 1 unspecified atom stereocenters. The zero-order chi connectivity index (χ0) is 11.8. The van der Waals surface area contributed by atoms with Gasteiger partial charge in [0, 0.05) is 13.0 Å². The number of amides is 1. The number of carbonyl (C=O) groups is 1. The Kier molecular flexibility index (Phi) is 2.48. The van der Waals surface area contributed by atoms with Crippen LogP contribution in [-0.4, -0.2) is 23.5 Å². The number of nitrogens with zero attached hydrogens (tertiary/aromatic N) is 1. The van der Waals surface area contributed by atoms with Gasteiger partial charge in [-0.1, -0.05) is 17.4 Å². The van der Waals surface area contributed by atoms with Crippen LogP contribution in [0.1, 0.15) is 12.0 Å². The highest BCUT2D eigenvalue weighted by molar-refractivity contribution is 7.22. The first kappa shape index (κ1) is 10.5.